The Kier molecular flexibility index (Phi) is 0.670. The van der Waals surface area contributed by atoms with Crippen LogP contribution in [0.4, 0.5) is 0 Å². The Morgan fingerprint density at radius 3 is 3.00 bits per heavy atom. The molecule has 1 aliphatic rings. The molecule has 0 aromatic heterocycles. The van der Waals surface area contributed by atoms with Crippen LogP contribution in [-0.4, -0.2) is 25.1 Å². The fourth-order valence-corrected chi connectivity index (χ4v) is 0.306. The molecule has 0 unspecified atom stereocenters. The molecule has 1 radical (unpaired) electrons. The first-order chi connectivity index (χ1) is 2.89. The van der Waals surface area contributed by atoms with Crippen LogP contribution in [0, 0.1) is 0 Å². The lowest BCUT2D eigenvalue weighted by atomic mass is 11.0. The number of nitrogens with zero attached hydrogens (tertiary/aromatic N) is 2. The van der Waals surface area contributed by atoms with Gasteiger partial charge in [-0.3, -0.25) is 5.01 Å². The van der Waals surface area contributed by atoms with E-state index in [9.17, 15) is 0 Å². The van der Waals surface area contributed by atoms with Gasteiger partial charge in [0.2, 0.25) is 0 Å². The first kappa shape index (κ1) is 3.46. The summed E-state index contributed by atoms with van der Waals surface area (Å²) >= 11 is 0. The zero-order valence-electron chi connectivity index (χ0n) is 3.60. The summed E-state index contributed by atoms with van der Waals surface area (Å²) in [4.78, 5) is 0. The second-order valence-electron chi connectivity index (χ2n) is 1.20. The minimum absolute atomic E-state index is 0.792. The molecule has 3 nitrogen and oxygen atoms in total. The Labute approximate surface area is 36.6 Å². The van der Waals surface area contributed by atoms with Gasteiger partial charge in [0.25, 0.3) is 0 Å². The summed E-state index contributed by atoms with van der Waals surface area (Å²) in [7, 11) is 1.88. The molecular formula is C3H6N3. The van der Waals surface area contributed by atoms with Gasteiger partial charge in [-0.1, -0.05) is 0 Å². The fourth-order valence-electron chi connectivity index (χ4n) is 0.306. The van der Waals surface area contributed by atoms with Crippen molar-refractivity contribution in [1.29, 1.82) is 0 Å². The van der Waals surface area contributed by atoms with Crippen molar-refractivity contribution in [3.63, 3.8) is 0 Å². The van der Waals surface area contributed by atoms with Gasteiger partial charge in [-0.15, -0.1) is 0 Å². The summed E-state index contributed by atoms with van der Waals surface area (Å²) in [5.74, 6) is 0. The number of hydrogen-bond acceptors (Lipinski definition) is 3. The molecule has 3 heteroatoms. The summed E-state index contributed by atoms with van der Waals surface area (Å²) in [5, 5.41) is 8.25. The number of hydrogen-bond donors (Lipinski definition) is 1. The van der Waals surface area contributed by atoms with Crippen LogP contribution in [0.3, 0.4) is 0 Å². The Hall–Kier alpha value is -0.730. The molecule has 0 saturated heterocycles. The third kappa shape index (κ3) is 0.429. The van der Waals surface area contributed by atoms with E-state index in [0.717, 1.165) is 6.67 Å². The van der Waals surface area contributed by atoms with Gasteiger partial charge in [-0.2, -0.15) is 5.10 Å². The Bertz CT molecular complexity index is 68.4. The molecule has 0 bridgehead atoms. The molecule has 0 saturated carbocycles. The molecule has 1 aliphatic heterocycles. The summed E-state index contributed by atoms with van der Waals surface area (Å²) in [6.45, 7) is 0.792. The lowest BCUT2D eigenvalue weighted by molar-refractivity contribution is 0.380. The van der Waals surface area contributed by atoms with Crippen LogP contribution in [-0.2, 0) is 0 Å². The van der Waals surface area contributed by atoms with Crippen molar-refractivity contribution >= 4 is 6.34 Å². The highest BCUT2D eigenvalue weighted by Gasteiger charge is 1.93. The molecule has 1 N–H and O–H groups in total. The van der Waals surface area contributed by atoms with E-state index in [1.165, 1.54) is 0 Å². The van der Waals surface area contributed by atoms with Crippen LogP contribution >= 0.6 is 0 Å². The predicted octanol–water partition coefficient (Wildman–Crippen LogP) is -0.701. The second-order valence-corrected chi connectivity index (χ2v) is 1.20. The van der Waals surface area contributed by atoms with Crippen LogP contribution in [0.15, 0.2) is 5.10 Å². The minimum Gasteiger partial charge on any atom is -0.347 e. The molecule has 1 heterocycles. The zero-order chi connectivity index (χ0) is 4.41. The SMILES string of the molecule is CN1CN[C]=N1. The van der Waals surface area contributed by atoms with Crippen molar-refractivity contribution in [2.75, 3.05) is 13.7 Å². The van der Waals surface area contributed by atoms with Crippen molar-refractivity contribution in [2.45, 2.75) is 0 Å². The van der Waals surface area contributed by atoms with Crippen LogP contribution in [0.2, 0.25) is 0 Å². The molecule has 0 aromatic rings. The van der Waals surface area contributed by atoms with Gasteiger partial charge in [-0.05, 0) is 0 Å². The predicted molar refractivity (Wildman–Crippen MR) is 23.2 cm³/mol. The average molecular weight is 84.1 g/mol. The summed E-state index contributed by atoms with van der Waals surface area (Å²) in [6.07, 6.45) is 2.57. The quantitative estimate of drug-likeness (QED) is 0.420. The maximum absolute atomic E-state index is 3.71. The minimum atomic E-state index is 0.792. The number of hydrazone groups is 1. The zero-order valence-corrected chi connectivity index (χ0v) is 3.60. The molecule has 0 spiro atoms. The van der Waals surface area contributed by atoms with E-state index >= 15 is 0 Å². The van der Waals surface area contributed by atoms with Crippen molar-refractivity contribution in [3.8, 4) is 0 Å². The smallest absolute Gasteiger partial charge is 0.192 e. The first-order valence-corrected chi connectivity index (χ1v) is 1.79. The van der Waals surface area contributed by atoms with Gasteiger partial charge in [0, 0.05) is 7.05 Å². The van der Waals surface area contributed by atoms with Crippen molar-refractivity contribution in [2.24, 2.45) is 5.10 Å². The molecule has 6 heavy (non-hydrogen) atoms. The molecule has 33 valence electrons. The number of rotatable bonds is 0. The summed E-state index contributed by atoms with van der Waals surface area (Å²) < 4.78 is 0. The van der Waals surface area contributed by atoms with Gasteiger partial charge in [0.15, 0.2) is 6.34 Å². The maximum Gasteiger partial charge on any atom is 0.192 e. The molecule has 0 aromatic carbocycles. The standard InChI is InChI=1S/C3H6N3/c1-6-3-4-2-5-6/h3H2,1H3,(H,4,5). The Morgan fingerprint density at radius 2 is 2.83 bits per heavy atom. The van der Waals surface area contributed by atoms with E-state index in [0.29, 0.717) is 0 Å². The third-order valence-corrected chi connectivity index (χ3v) is 0.608. The topological polar surface area (TPSA) is 27.6 Å². The average Bonchev–Trinajstić information content (AvgIpc) is 1.86. The van der Waals surface area contributed by atoms with Gasteiger partial charge in [0.05, 0.1) is 0 Å². The first-order valence-electron chi connectivity index (χ1n) is 1.79. The van der Waals surface area contributed by atoms with Crippen LogP contribution < -0.4 is 5.32 Å². The van der Waals surface area contributed by atoms with Crippen molar-refractivity contribution in [1.82, 2.24) is 10.3 Å². The van der Waals surface area contributed by atoms with Crippen LogP contribution in [0.1, 0.15) is 0 Å². The van der Waals surface area contributed by atoms with E-state index < -0.39 is 0 Å². The van der Waals surface area contributed by atoms with Gasteiger partial charge in [-0.25, -0.2) is 0 Å². The monoisotopic (exact) mass is 84.1 g/mol. The van der Waals surface area contributed by atoms with E-state index in [1.54, 1.807) is 5.01 Å². The van der Waals surface area contributed by atoms with Crippen molar-refractivity contribution in [3.05, 3.63) is 0 Å². The highest BCUT2D eigenvalue weighted by molar-refractivity contribution is 5.55. The largest absolute Gasteiger partial charge is 0.347 e. The van der Waals surface area contributed by atoms with E-state index in [-0.39, 0.29) is 0 Å². The number of nitrogens with one attached hydrogen (secondary N) is 1. The Morgan fingerprint density at radius 1 is 2.00 bits per heavy atom. The molecule has 0 fully saturated rings. The highest BCUT2D eigenvalue weighted by atomic mass is 15.5. The van der Waals surface area contributed by atoms with E-state index in [2.05, 4.69) is 16.8 Å². The lowest BCUT2D eigenvalue weighted by Gasteiger charge is -1.99. The molecule has 0 aliphatic carbocycles. The molecule has 0 atom stereocenters. The molecule has 1 rings (SSSR count). The van der Waals surface area contributed by atoms with Gasteiger partial charge in [0.1, 0.15) is 6.67 Å². The lowest BCUT2D eigenvalue weighted by Crippen LogP contribution is -2.15. The molecule has 0 amide bonds. The second kappa shape index (κ2) is 1.16. The third-order valence-electron chi connectivity index (χ3n) is 0.608. The highest BCUT2D eigenvalue weighted by Crippen LogP contribution is 1.80. The van der Waals surface area contributed by atoms with E-state index in [1.807, 2.05) is 7.05 Å². The fraction of sp³-hybridized carbons (Fsp3) is 0.667. The summed E-state index contributed by atoms with van der Waals surface area (Å²) in [5.41, 5.74) is 0. The summed E-state index contributed by atoms with van der Waals surface area (Å²) in [6, 6.07) is 0. The molecular weight excluding hydrogens is 78.1 g/mol. The van der Waals surface area contributed by atoms with E-state index in [4.69, 9.17) is 0 Å². The van der Waals surface area contributed by atoms with Gasteiger partial charge >= 0.3 is 0 Å². The van der Waals surface area contributed by atoms with Crippen molar-refractivity contribution < 1.29 is 0 Å². The van der Waals surface area contributed by atoms with Gasteiger partial charge < -0.3 is 5.32 Å². The van der Waals surface area contributed by atoms with Crippen LogP contribution in [0.5, 0.6) is 0 Å². The normalized spacial score (nSPS) is 18.5. The van der Waals surface area contributed by atoms with Crippen LogP contribution in [0.25, 0.3) is 0 Å². The maximum atomic E-state index is 3.71. The Balaban J connectivity index is 2.38.